The SMILES string of the molecule is CC(C)C1CC(C(C)(O)C(=O)O)C1. The standard InChI is InChI=1S/C10H18O3/c1-6(2)7-4-8(5-7)10(3,13)9(11)12/h6-8,13H,4-5H2,1-3H3,(H,11,12). The molecule has 0 bridgehead atoms. The van der Waals surface area contributed by atoms with E-state index in [4.69, 9.17) is 5.11 Å². The summed E-state index contributed by atoms with van der Waals surface area (Å²) >= 11 is 0. The number of aliphatic carboxylic acids is 1. The Bertz CT molecular complexity index is 202. The van der Waals surface area contributed by atoms with Crippen LogP contribution in [-0.4, -0.2) is 21.8 Å². The van der Waals surface area contributed by atoms with Gasteiger partial charge in [-0.25, -0.2) is 4.79 Å². The van der Waals surface area contributed by atoms with Crippen LogP contribution in [0.25, 0.3) is 0 Å². The minimum Gasteiger partial charge on any atom is -0.479 e. The zero-order chi connectivity index (χ0) is 10.2. The average molecular weight is 186 g/mol. The Hall–Kier alpha value is -0.570. The fourth-order valence-corrected chi connectivity index (χ4v) is 1.84. The van der Waals surface area contributed by atoms with Gasteiger partial charge >= 0.3 is 5.97 Å². The molecule has 76 valence electrons. The Labute approximate surface area is 78.8 Å². The second-order valence-corrected chi connectivity index (χ2v) is 4.63. The van der Waals surface area contributed by atoms with Crippen molar-refractivity contribution in [1.29, 1.82) is 0 Å². The molecule has 0 spiro atoms. The lowest BCUT2D eigenvalue weighted by molar-refractivity contribution is -0.169. The maximum absolute atomic E-state index is 10.7. The van der Waals surface area contributed by atoms with Crippen molar-refractivity contribution in [2.75, 3.05) is 0 Å². The number of carboxylic acid groups (broad SMARTS) is 1. The highest BCUT2D eigenvalue weighted by atomic mass is 16.4. The predicted molar refractivity (Wildman–Crippen MR) is 49.3 cm³/mol. The minimum atomic E-state index is -1.52. The van der Waals surface area contributed by atoms with Crippen LogP contribution in [0.1, 0.15) is 33.6 Å². The Morgan fingerprint density at radius 3 is 2.23 bits per heavy atom. The summed E-state index contributed by atoms with van der Waals surface area (Å²) in [6, 6.07) is 0. The third-order valence-corrected chi connectivity index (χ3v) is 3.35. The highest BCUT2D eigenvalue weighted by molar-refractivity contribution is 5.77. The van der Waals surface area contributed by atoms with E-state index >= 15 is 0 Å². The van der Waals surface area contributed by atoms with E-state index in [2.05, 4.69) is 13.8 Å². The Morgan fingerprint density at radius 2 is 1.92 bits per heavy atom. The Morgan fingerprint density at radius 1 is 1.46 bits per heavy atom. The molecule has 1 aliphatic carbocycles. The molecule has 1 saturated carbocycles. The molecule has 1 unspecified atom stereocenters. The van der Waals surface area contributed by atoms with Crippen LogP contribution in [0.2, 0.25) is 0 Å². The number of carboxylic acids is 1. The number of carbonyl (C=O) groups is 1. The van der Waals surface area contributed by atoms with Gasteiger partial charge in [-0.15, -0.1) is 0 Å². The van der Waals surface area contributed by atoms with E-state index in [1.807, 2.05) is 0 Å². The molecule has 0 amide bonds. The quantitative estimate of drug-likeness (QED) is 0.702. The highest BCUT2D eigenvalue weighted by Crippen LogP contribution is 2.44. The first-order valence-electron chi connectivity index (χ1n) is 4.81. The second kappa shape index (κ2) is 3.29. The summed E-state index contributed by atoms with van der Waals surface area (Å²) in [4.78, 5) is 10.7. The molecule has 2 N–H and O–H groups in total. The summed E-state index contributed by atoms with van der Waals surface area (Å²) < 4.78 is 0. The molecule has 0 radical (unpaired) electrons. The maximum atomic E-state index is 10.7. The molecule has 1 aliphatic rings. The molecular weight excluding hydrogens is 168 g/mol. The van der Waals surface area contributed by atoms with E-state index < -0.39 is 11.6 Å². The van der Waals surface area contributed by atoms with Crippen LogP contribution >= 0.6 is 0 Å². The van der Waals surface area contributed by atoms with E-state index in [1.54, 1.807) is 0 Å². The fraction of sp³-hybridized carbons (Fsp3) is 0.900. The summed E-state index contributed by atoms with van der Waals surface area (Å²) in [6.45, 7) is 5.67. The Kier molecular flexibility index (Phi) is 2.66. The summed E-state index contributed by atoms with van der Waals surface area (Å²) in [6.07, 6.45) is 1.69. The lowest BCUT2D eigenvalue weighted by Gasteiger charge is -2.43. The first-order valence-corrected chi connectivity index (χ1v) is 4.81. The topological polar surface area (TPSA) is 57.5 Å². The van der Waals surface area contributed by atoms with Crippen LogP contribution in [0.4, 0.5) is 0 Å². The van der Waals surface area contributed by atoms with Crippen LogP contribution in [-0.2, 0) is 4.79 Å². The molecule has 3 nitrogen and oxygen atoms in total. The third-order valence-electron chi connectivity index (χ3n) is 3.35. The van der Waals surface area contributed by atoms with Crippen molar-refractivity contribution in [1.82, 2.24) is 0 Å². The molecule has 13 heavy (non-hydrogen) atoms. The largest absolute Gasteiger partial charge is 0.479 e. The van der Waals surface area contributed by atoms with Crippen LogP contribution in [0.3, 0.4) is 0 Å². The second-order valence-electron chi connectivity index (χ2n) is 4.63. The number of rotatable bonds is 3. The average Bonchev–Trinajstić information content (AvgIpc) is 1.80. The van der Waals surface area contributed by atoms with Crippen molar-refractivity contribution < 1.29 is 15.0 Å². The van der Waals surface area contributed by atoms with E-state index in [0.29, 0.717) is 11.8 Å². The zero-order valence-electron chi connectivity index (χ0n) is 8.45. The van der Waals surface area contributed by atoms with E-state index in [-0.39, 0.29) is 5.92 Å². The predicted octanol–water partition coefficient (Wildman–Crippen LogP) is 1.50. The smallest absolute Gasteiger partial charge is 0.335 e. The molecule has 1 atom stereocenters. The fourth-order valence-electron chi connectivity index (χ4n) is 1.84. The number of aliphatic hydroxyl groups is 1. The number of hydrogen-bond acceptors (Lipinski definition) is 2. The van der Waals surface area contributed by atoms with Gasteiger partial charge in [-0.3, -0.25) is 0 Å². The lowest BCUT2D eigenvalue weighted by Crippen LogP contribution is -2.49. The van der Waals surface area contributed by atoms with Gasteiger partial charge in [-0.1, -0.05) is 13.8 Å². The highest BCUT2D eigenvalue weighted by Gasteiger charge is 2.47. The third kappa shape index (κ3) is 1.85. The van der Waals surface area contributed by atoms with Crippen molar-refractivity contribution >= 4 is 5.97 Å². The molecule has 0 saturated heterocycles. The van der Waals surface area contributed by atoms with Crippen molar-refractivity contribution in [2.45, 2.75) is 39.2 Å². The molecule has 3 heteroatoms. The van der Waals surface area contributed by atoms with Crippen molar-refractivity contribution in [3.8, 4) is 0 Å². The van der Waals surface area contributed by atoms with Gasteiger partial charge in [0.15, 0.2) is 5.60 Å². The van der Waals surface area contributed by atoms with Crippen LogP contribution in [0.15, 0.2) is 0 Å². The van der Waals surface area contributed by atoms with E-state index in [0.717, 1.165) is 12.8 Å². The van der Waals surface area contributed by atoms with Gasteiger partial charge in [0.1, 0.15) is 0 Å². The lowest BCUT2D eigenvalue weighted by atomic mass is 9.63. The Balaban J connectivity index is 2.47. The van der Waals surface area contributed by atoms with Crippen molar-refractivity contribution in [3.63, 3.8) is 0 Å². The number of hydrogen-bond donors (Lipinski definition) is 2. The van der Waals surface area contributed by atoms with Gasteiger partial charge in [0.25, 0.3) is 0 Å². The van der Waals surface area contributed by atoms with Gasteiger partial charge in [0.2, 0.25) is 0 Å². The van der Waals surface area contributed by atoms with Crippen molar-refractivity contribution in [2.24, 2.45) is 17.8 Å². The van der Waals surface area contributed by atoms with Crippen LogP contribution < -0.4 is 0 Å². The van der Waals surface area contributed by atoms with Gasteiger partial charge in [-0.2, -0.15) is 0 Å². The summed E-state index contributed by atoms with van der Waals surface area (Å²) in [5.41, 5.74) is -1.52. The van der Waals surface area contributed by atoms with E-state index in [1.165, 1.54) is 6.92 Å². The summed E-state index contributed by atoms with van der Waals surface area (Å²) in [7, 11) is 0. The van der Waals surface area contributed by atoms with Gasteiger partial charge in [-0.05, 0) is 37.5 Å². The molecule has 0 aromatic heterocycles. The van der Waals surface area contributed by atoms with Crippen LogP contribution in [0, 0.1) is 17.8 Å². The van der Waals surface area contributed by atoms with E-state index in [9.17, 15) is 9.90 Å². The monoisotopic (exact) mass is 186 g/mol. The summed E-state index contributed by atoms with van der Waals surface area (Å²) in [5.74, 6) is 0.0359. The minimum absolute atomic E-state index is 0.0580. The first kappa shape index (κ1) is 10.5. The normalized spacial score (nSPS) is 32.4. The maximum Gasteiger partial charge on any atom is 0.335 e. The molecular formula is C10H18O3. The van der Waals surface area contributed by atoms with Gasteiger partial charge in [0.05, 0.1) is 0 Å². The molecule has 1 rings (SSSR count). The summed E-state index contributed by atoms with van der Waals surface area (Å²) in [5, 5.41) is 18.4. The first-order chi connectivity index (χ1) is 5.85. The molecule has 0 aromatic carbocycles. The van der Waals surface area contributed by atoms with Gasteiger partial charge in [0, 0.05) is 0 Å². The zero-order valence-corrected chi connectivity index (χ0v) is 8.45. The van der Waals surface area contributed by atoms with Gasteiger partial charge < -0.3 is 10.2 Å². The molecule has 0 aliphatic heterocycles. The molecule has 0 aromatic rings. The molecule has 1 fully saturated rings. The van der Waals surface area contributed by atoms with Crippen molar-refractivity contribution in [3.05, 3.63) is 0 Å². The molecule has 0 heterocycles. The van der Waals surface area contributed by atoms with Crippen LogP contribution in [0.5, 0.6) is 0 Å².